The van der Waals surface area contributed by atoms with Crippen LogP contribution in [0.5, 0.6) is 11.5 Å². The summed E-state index contributed by atoms with van der Waals surface area (Å²) in [5.74, 6) is 1.31. The molecule has 0 aromatic heterocycles. The average Bonchev–Trinajstić information content (AvgIpc) is 0.827. The molecule has 7 aliphatic rings. The number of benzene rings is 10. The molecule has 2 unspecified atom stereocenters. The van der Waals surface area contributed by atoms with Gasteiger partial charge in [0.05, 0.1) is 14.2 Å². The summed E-state index contributed by atoms with van der Waals surface area (Å²) in [7, 11) is 2.83. The minimum atomic E-state index is -0.935. The molecule has 0 bridgehead atoms. The Labute approximate surface area is 760 Å². The number of methoxy groups -OCH3 is 2. The Morgan fingerprint density at radius 2 is 0.523 bits per heavy atom. The maximum Gasteiger partial charge on any atom is 0.201 e. The highest BCUT2D eigenvalue weighted by Crippen LogP contribution is 2.47. The zero-order valence-corrected chi connectivity index (χ0v) is 77.7. The first-order valence-electron chi connectivity index (χ1n) is 47.1. The van der Waals surface area contributed by atoms with Gasteiger partial charge in [-0.1, -0.05) is 285 Å². The molecule has 0 saturated heterocycles. The van der Waals surface area contributed by atoms with Gasteiger partial charge in [0.15, 0.2) is 58.1 Å². The van der Waals surface area contributed by atoms with Crippen LogP contribution < -0.4 is 9.47 Å². The van der Waals surface area contributed by atoms with Crippen LogP contribution in [0.3, 0.4) is 0 Å². The summed E-state index contributed by atoms with van der Waals surface area (Å²) < 4.78 is 164. The number of hydrogen-bond donors (Lipinski definition) is 0. The van der Waals surface area contributed by atoms with E-state index in [2.05, 4.69) is 71.0 Å². The van der Waals surface area contributed by atoms with Crippen LogP contribution in [0.15, 0.2) is 182 Å². The van der Waals surface area contributed by atoms with Crippen molar-refractivity contribution in [1.82, 2.24) is 0 Å². The van der Waals surface area contributed by atoms with Gasteiger partial charge in [-0.3, -0.25) is 0 Å². The second kappa shape index (κ2) is 46.1. The highest BCUT2D eigenvalue weighted by molar-refractivity contribution is 6.32. The zero-order valence-electron chi connectivity index (χ0n) is 77.0. The number of rotatable bonds is 13. The summed E-state index contributed by atoms with van der Waals surface area (Å²) >= 11 is 5.95. The number of allylic oxidation sites excluding steroid dienone is 4. The summed E-state index contributed by atoms with van der Waals surface area (Å²) in [5.41, 5.74) is 13.6. The third kappa shape index (κ3) is 24.9. The van der Waals surface area contributed by atoms with Crippen LogP contribution >= 0.6 is 11.6 Å². The molecule has 0 aliphatic heterocycles. The van der Waals surface area contributed by atoms with Gasteiger partial charge >= 0.3 is 0 Å². The van der Waals surface area contributed by atoms with E-state index in [4.69, 9.17) is 21.1 Å². The molecule has 2 atom stereocenters. The molecule has 7 aliphatic carbocycles. The Bertz CT molecular complexity index is 5190. The van der Waals surface area contributed by atoms with Crippen LogP contribution in [-0.2, 0) is 0 Å². The normalized spacial score (nSPS) is 22.8. The SMILES string of the molecule is COc1ccc(-c2ccc(C3CCC(C)CC3)cc2)c(F)c1F.COc1ccc(C2CCC(C)CC2)c(F)c1Cl.Cc1ccc(-c2ccc(-c3ccc(C)cc3)c(F)c2F)cc1.Cc1ccc(-c2ccc(C3CCC(C)CC3)cc2)c(F)c1F.Cc1ccc(C2=CCC(C3CCC(C)CC3)CC2)c(F)c1F.Cc1ccc(C2=CCC(C3CCC(C)CC3)CC2)c(F)c1F. The standard InChI is InChI=1S/C20H22F2O.C20H16F2.2C20H26F2.C20H22F2.C14H18ClFO/c1-13-3-5-14(6-4-13)15-7-9-16(10-8-15)17-11-12-18(23-2)20(22)19(17)21;1-13-3-7-15(8-4-13)17-11-12-18(20(22)19(17)21)16-9-5-14(2)6-10-16;3*1-13-3-6-15(7-4-13)16-8-10-17(11-9-16)18-12-5-14(2)19(21)20(18)22;1-9-3-5-10(6-4-9)11-7-8-12(17-2)13(15)14(11)16/h7-14H,3-6H2,1-2H3;3-12H,1-2H3;2*5,10,12-13,15-16H,3-4,6-9,11H2,1-2H3;5,8-13,15H,3-4,6-7H2,1-2H3;7-10H,3-6H2,1-2H3. The third-order valence-electron chi connectivity index (χ3n) is 29.1. The molecule has 682 valence electrons. The minimum Gasteiger partial charge on any atom is -0.495 e. The Morgan fingerprint density at radius 1 is 0.250 bits per heavy atom. The van der Waals surface area contributed by atoms with E-state index in [1.165, 1.54) is 147 Å². The molecule has 128 heavy (non-hydrogen) atoms. The predicted molar refractivity (Wildman–Crippen MR) is 506 cm³/mol. The first-order chi connectivity index (χ1) is 61.5. The van der Waals surface area contributed by atoms with Gasteiger partial charge < -0.3 is 9.47 Å². The van der Waals surface area contributed by atoms with E-state index in [0.717, 1.165) is 138 Å². The van der Waals surface area contributed by atoms with Crippen LogP contribution in [0.25, 0.3) is 55.7 Å². The van der Waals surface area contributed by atoms with E-state index in [0.29, 0.717) is 73.6 Å². The average molecular weight is 1780 g/mol. The second-order valence-corrected chi connectivity index (χ2v) is 38.7. The van der Waals surface area contributed by atoms with Crippen molar-refractivity contribution in [3.05, 3.63) is 307 Å². The van der Waals surface area contributed by atoms with Gasteiger partial charge in [0.1, 0.15) is 16.6 Å². The van der Waals surface area contributed by atoms with E-state index in [1.807, 2.05) is 68.4 Å². The summed E-state index contributed by atoms with van der Waals surface area (Å²) in [4.78, 5) is 0. The molecule has 5 fully saturated rings. The monoisotopic (exact) mass is 1770 g/mol. The molecule has 2 nitrogen and oxygen atoms in total. The fourth-order valence-corrected chi connectivity index (χ4v) is 20.5. The molecule has 0 radical (unpaired) electrons. The van der Waals surface area contributed by atoms with Crippen molar-refractivity contribution in [1.29, 1.82) is 0 Å². The molecule has 17 rings (SSSR count). The Balaban J connectivity index is 0.000000140. The van der Waals surface area contributed by atoms with Crippen LogP contribution in [0.4, 0.5) is 48.3 Å². The van der Waals surface area contributed by atoms with Crippen LogP contribution in [0.1, 0.15) is 275 Å². The molecule has 5 saturated carbocycles. The summed E-state index contributed by atoms with van der Waals surface area (Å²) in [5, 5.41) is 0.114. The predicted octanol–water partition coefficient (Wildman–Crippen LogP) is 35.4. The molecule has 0 N–H and O–H groups in total. The maximum absolute atomic E-state index is 14.4. The fraction of sp³-hybridized carbons (Fsp3) is 0.439. The Morgan fingerprint density at radius 3 is 0.852 bits per heavy atom. The van der Waals surface area contributed by atoms with Crippen molar-refractivity contribution in [2.75, 3.05) is 14.2 Å². The number of ether oxygens (including phenoxy) is 2. The van der Waals surface area contributed by atoms with E-state index in [1.54, 1.807) is 106 Å². The minimum absolute atomic E-state index is 0.0702. The molecular weight excluding hydrogens is 1650 g/mol. The van der Waals surface area contributed by atoms with Gasteiger partial charge in [0.25, 0.3) is 0 Å². The van der Waals surface area contributed by atoms with Crippen LogP contribution in [-0.4, -0.2) is 14.2 Å². The van der Waals surface area contributed by atoms with E-state index in [9.17, 15) is 48.3 Å². The van der Waals surface area contributed by atoms with E-state index < -0.39 is 58.2 Å². The van der Waals surface area contributed by atoms with Crippen molar-refractivity contribution in [3.8, 4) is 56.0 Å². The van der Waals surface area contributed by atoms with Crippen molar-refractivity contribution in [2.24, 2.45) is 53.3 Å². The lowest BCUT2D eigenvalue weighted by Gasteiger charge is -2.34. The quantitative estimate of drug-likeness (QED) is 0.107. The highest BCUT2D eigenvalue weighted by atomic mass is 35.5. The summed E-state index contributed by atoms with van der Waals surface area (Å²) in [6.07, 6.45) is 35.7. The molecule has 10 aromatic rings. The van der Waals surface area contributed by atoms with E-state index in [-0.39, 0.29) is 33.3 Å². The van der Waals surface area contributed by atoms with Gasteiger partial charge in [0, 0.05) is 33.4 Å². The Kier molecular flexibility index (Phi) is 35.2. The van der Waals surface area contributed by atoms with Crippen LogP contribution in [0, 0.1) is 152 Å². The molecule has 0 heterocycles. The van der Waals surface area contributed by atoms with Gasteiger partial charge in [-0.05, 0) is 293 Å². The third-order valence-corrected chi connectivity index (χ3v) is 29.5. The van der Waals surface area contributed by atoms with Crippen molar-refractivity contribution in [2.45, 2.75) is 254 Å². The molecular formula is C114H130ClF11O2. The van der Waals surface area contributed by atoms with Crippen LogP contribution in [0.2, 0.25) is 5.02 Å². The molecule has 10 aromatic carbocycles. The zero-order chi connectivity index (χ0) is 91.6. The van der Waals surface area contributed by atoms with Gasteiger partial charge in [0.2, 0.25) is 5.82 Å². The highest BCUT2D eigenvalue weighted by Gasteiger charge is 2.33. The maximum atomic E-state index is 14.4. The smallest absolute Gasteiger partial charge is 0.201 e. The van der Waals surface area contributed by atoms with Gasteiger partial charge in [-0.25, -0.2) is 43.9 Å². The largest absolute Gasteiger partial charge is 0.495 e. The second-order valence-electron chi connectivity index (χ2n) is 38.3. The van der Waals surface area contributed by atoms with E-state index >= 15 is 0 Å². The number of halogens is 12. The molecule has 0 amide bonds. The lowest BCUT2D eigenvalue weighted by molar-refractivity contribution is 0.202. The van der Waals surface area contributed by atoms with Crippen molar-refractivity contribution < 1.29 is 57.8 Å². The first kappa shape index (κ1) is 97.8. The number of aryl methyl sites for hydroxylation is 5. The summed E-state index contributed by atoms with van der Waals surface area (Å²) in [6, 6.07) is 50.7. The van der Waals surface area contributed by atoms with Gasteiger partial charge in [-0.2, -0.15) is 4.39 Å². The lowest BCUT2D eigenvalue weighted by Crippen LogP contribution is -2.22. The summed E-state index contributed by atoms with van der Waals surface area (Å²) in [6.45, 7) is 20.3. The lowest BCUT2D eigenvalue weighted by atomic mass is 9.71. The molecule has 14 heteroatoms. The topological polar surface area (TPSA) is 18.5 Å². The van der Waals surface area contributed by atoms with Crippen molar-refractivity contribution >= 4 is 22.7 Å². The number of hydrogen-bond acceptors (Lipinski definition) is 2. The fourth-order valence-electron chi connectivity index (χ4n) is 20.2. The Hall–Kier alpha value is -9.20. The van der Waals surface area contributed by atoms with Gasteiger partial charge in [-0.15, -0.1) is 0 Å². The molecule has 0 spiro atoms. The first-order valence-corrected chi connectivity index (χ1v) is 47.4. The van der Waals surface area contributed by atoms with Crippen molar-refractivity contribution in [3.63, 3.8) is 0 Å².